The number of rotatable bonds is 9. The predicted molar refractivity (Wildman–Crippen MR) is 141 cm³/mol. The number of nitrogens with one attached hydrogen (secondary N) is 1. The summed E-state index contributed by atoms with van der Waals surface area (Å²) >= 11 is 6.28. The van der Waals surface area contributed by atoms with Crippen LogP contribution < -0.4 is 15.8 Å². The molecule has 3 amide bonds. The first kappa shape index (κ1) is 28.1. The molecule has 206 valence electrons. The molecule has 5 atom stereocenters. The van der Waals surface area contributed by atoms with Crippen LogP contribution in [0.15, 0.2) is 42.5 Å². The molecule has 2 aromatic carbocycles. The third-order valence-corrected chi connectivity index (χ3v) is 7.09. The molecule has 10 nitrogen and oxygen atoms in total. The molecule has 4 rings (SSSR count). The molecular weight excluding hydrogens is 514 g/mol. The minimum absolute atomic E-state index is 0.145. The van der Waals surface area contributed by atoms with Crippen LogP contribution in [0.5, 0.6) is 5.75 Å². The quantitative estimate of drug-likeness (QED) is 0.489. The number of nitrogens with two attached hydrogens (primary N) is 1. The zero-order chi connectivity index (χ0) is 27.6. The van der Waals surface area contributed by atoms with Crippen molar-refractivity contribution in [3.8, 4) is 5.75 Å². The summed E-state index contributed by atoms with van der Waals surface area (Å²) in [6, 6.07) is 11.2. The number of hydrogen-bond acceptors (Lipinski definition) is 7. The zero-order valence-corrected chi connectivity index (χ0v) is 22.9. The van der Waals surface area contributed by atoms with Gasteiger partial charge in [-0.2, -0.15) is 0 Å². The van der Waals surface area contributed by atoms with Gasteiger partial charge in [-0.3, -0.25) is 4.79 Å². The molecular formula is C27H34ClN3O7. The third-order valence-electron chi connectivity index (χ3n) is 6.68. The fourth-order valence-electron chi connectivity index (χ4n) is 4.83. The van der Waals surface area contributed by atoms with Crippen LogP contribution >= 0.6 is 11.6 Å². The van der Waals surface area contributed by atoms with Gasteiger partial charge >= 0.3 is 6.03 Å². The summed E-state index contributed by atoms with van der Waals surface area (Å²) in [5.74, 6) is -0.782. The second-order valence-electron chi connectivity index (χ2n) is 9.88. The van der Waals surface area contributed by atoms with Crippen LogP contribution in [-0.4, -0.2) is 67.5 Å². The van der Waals surface area contributed by atoms with Gasteiger partial charge in [0.05, 0.1) is 13.2 Å². The summed E-state index contributed by atoms with van der Waals surface area (Å²) in [5, 5.41) is 3.41. The highest BCUT2D eigenvalue weighted by Gasteiger charge is 2.58. The molecule has 0 bridgehead atoms. The highest BCUT2D eigenvalue weighted by Crippen LogP contribution is 2.41. The Morgan fingerprint density at radius 3 is 2.47 bits per heavy atom. The van der Waals surface area contributed by atoms with Gasteiger partial charge in [0.2, 0.25) is 5.91 Å². The second-order valence-corrected chi connectivity index (χ2v) is 10.3. The Balaban J connectivity index is 1.68. The fourth-order valence-corrected chi connectivity index (χ4v) is 5.01. The van der Waals surface area contributed by atoms with E-state index < -0.39 is 48.4 Å². The van der Waals surface area contributed by atoms with Crippen molar-refractivity contribution < 1.29 is 33.3 Å². The molecule has 2 fully saturated rings. The van der Waals surface area contributed by atoms with Crippen molar-refractivity contribution in [2.75, 3.05) is 19.5 Å². The Labute approximate surface area is 227 Å². The molecule has 0 radical (unpaired) electrons. The van der Waals surface area contributed by atoms with Gasteiger partial charge in [-0.15, -0.1) is 0 Å². The Morgan fingerprint density at radius 1 is 1.16 bits per heavy atom. The monoisotopic (exact) mass is 547 g/mol. The molecule has 2 heterocycles. The number of carbonyl (C=O) groups excluding carboxylic acids is 2. The van der Waals surface area contributed by atoms with Gasteiger partial charge in [0, 0.05) is 30.8 Å². The Kier molecular flexibility index (Phi) is 8.49. The van der Waals surface area contributed by atoms with Crippen molar-refractivity contribution in [3.63, 3.8) is 0 Å². The molecule has 3 N–H and O–H groups in total. The van der Waals surface area contributed by atoms with E-state index in [4.69, 9.17) is 41.0 Å². The molecule has 0 unspecified atom stereocenters. The molecule has 0 spiro atoms. The standard InChI is InChI=1S/C27H34ClN3O7/c1-15-6-9-17(12-19(15)28)30-26(33)31(14-16-7-10-18(34-4)11-8-16)20(13-21(29)32)22-23(35-5)24-25(36-22)38-27(2,3)37-24/h6-12,20,22-25H,13-14H2,1-5H3,(H2,29,32)(H,30,33)/t20-,22+,23-,24+,25+/m0/s1. The summed E-state index contributed by atoms with van der Waals surface area (Å²) in [7, 11) is 3.11. The smallest absolute Gasteiger partial charge is 0.322 e. The van der Waals surface area contributed by atoms with E-state index in [1.807, 2.05) is 25.1 Å². The Bertz CT molecular complexity index is 1160. The number of methoxy groups -OCH3 is 2. The van der Waals surface area contributed by atoms with Crippen molar-refractivity contribution in [3.05, 3.63) is 58.6 Å². The van der Waals surface area contributed by atoms with Crippen LogP contribution in [0, 0.1) is 6.92 Å². The number of hydrogen-bond donors (Lipinski definition) is 2. The normalized spacial score (nSPS) is 24.5. The van der Waals surface area contributed by atoms with E-state index >= 15 is 0 Å². The van der Waals surface area contributed by atoms with Gasteiger partial charge in [-0.1, -0.05) is 29.8 Å². The number of amides is 3. The van der Waals surface area contributed by atoms with E-state index in [-0.39, 0.29) is 13.0 Å². The minimum Gasteiger partial charge on any atom is -0.497 e. The number of primary amides is 1. The number of urea groups is 1. The first-order chi connectivity index (χ1) is 18.0. The number of nitrogens with zero attached hydrogens (tertiary/aromatic N) is 1. The van der Waals surface area contributed by atoms with Gasteiger partial charge in [0.25, 0.3) is 0 Å². The van der Waals surface area contributed by atoms with Gasteiger partial charge < -0.3 is 39.6 Å². The van der Waals surface area contributed by atoms with Gasteiger partial charge in [0.15, 0.2) is 12.1 Å². The van der Waals surface area contributed by atoms with E-state index in [1.54, 1.807) is 45.2 Å². The maximum absolute atomic E-state index is 13.8. The van der Waals surface area contributed by atoms with Crippen molar-refractivity contribution in [1.29, 1.82) is 0 Å². The van der Waals surface area contributed by atoms with Crippen LogP contribution in [0.1, 0.15) is 31.4 Å². The first-order valence-corrected chi connectivity index (χ1v) is 12.7. The van der Waals surface area contributed by atoms with Gasteiger partial charge in [0.1, 0.15) is 24.1 Å². The topological polar surface area (TPSA) is 122 Å². The lowest BCUT2D eigenvalue weighted by molar-refractivity contribution is -0.223. The van der Waals surface area contributed by atoms with E-state index in [2.05, 4.69) is 5.32 Å². The van der Waals surface area contributed by atoms with Crippen LogP contribution in [0.3, 0.4) is 0 Å². The van der Waals surface area contributed by atoms with Crippen LogP contribution in [0.2, 0.25) is 5.02 Å². The number of ether oxygens (including phenoxy) is 5. The summed E-state index contributed by atoms with van der Waals surface area (Å²) in [4.78, 5) is 27.6. The molecule has 38 heavy (non-hydrogen) atoms. The number of halogens is 1. The predicted octanol–water partition coefficient (Wildman–Crippen LogP) is 3.83. The lowest BCUT2D eigenvalue weighted by atomic mass is 9.98. The summed E-state index contributed by atoms with van der Waals surface area (Å²) in [5.41, 5.74) is 7.86. The van der Waals surface area contributed by atoms with Crippen LogP contribution in [-0.2, 0) is 30.3 Å². The Hall–Kier alpha value is -2.89. The van der Waals surface area contributed by atoms with E-state index in [0.717, 1.165) is 11.1 Å². The summed E-state index contributed by atoms with van der Waals surface area (Å²) in [6.45, 7) is 5.59. The lowest BCUT2D eigenvalue weighted by Crippen LogP contribution is -2.54. The fraction of sp³-hybridized carbons (Fsp3) is 0.481. The molecule has 0 saturated carbocycles. The molecule has 0 aromatic heterocycles. The minimum atomic E-state index is -0.860. The average Bonchev–Trinajstić information content (AvgIpc) is 3.34. The van der Waals surface area contributed by atoms with E-state index in [1.165, 1.54) is 12.0 Å². The largest absolute Gasteiger partial charge is 0.497 e. The second kappa shape index (κ2) is 11.5. The molecule has 11 heteroatoms. The van der Waals surface area contributed by atoms with Crippen molar-refractivity contribution in [2.24, 2.45) is 5.73 Å². The van der Waals surface area contributed by atoms with Crippen molar-refractivity contribution >= 4 is 29.2 Å². The number of anilines is 1. The number of fused-ring (bicyclic) bond motifs is 1. The maximum atomic E-state index is 13.8. The van der Waals surface area contributed by atoms with Crippen LogP contribution in [0.4, 0.5) is 10.5 Å². The van der Waals surface area contributed by atoms with Crippen molar-refractivity contribution in [1.82, 2.24) is 4.90 Å². The highest BCUT2D eigenvalue weighted by atomic mass is 35.5. The maximum Gasteiger partial charge on any atom is 0.322 e. The van der Waals surface area contributed by atoms with Crippen LogP contribution in [0.25, 0.3) is 0 Å². The zero-order valence-electron chi connectivity index (χ0n) is 22.1. The number of benzene rings is 2. The highest BCUT2D eigenvalue weighted by molar-refractivity contribution is 6.31. The van der Waals surface area contributed by atoms with Crippen molar-refractivity contribution in [2.45, 2.75) is 70.2 Å². The molecule has 2 aliphatic rings. The van der Waals surface area contributed by atoms with Gasteiger partial charge in [-0.25, -0.2) is 4.79 Å². The molecule has 2 saturated heterocycles. The number of carbonyl (C=O) groups is 2. The number of aryl methyl sites for hydroxylation is 1. The Morgan fingerprint density at radius 2 is 1.87 bits per heavy atom. The molecule has 2 aliphatic heterocycles. The summed E-state index contributed by atoms with van der Waals surface area (Å²) in [6.07, 6.45) is -2.82. The SMILES string of the molecule is COc1ccc(CN(C(=O)Nc2ccc(C)c(Cl)c2)[C@@H](CC(N)=O)[C@H]2O[C@@H]3OC(C)(C)O[C@@H]3[C@H]2OC)cc1. The summed E-state index contributed by atoms with van der Waals surface area (Å²) < 4.78 is 29.2. The van der Waals surface area contributed by atoms with Gasteiger partial charge in [-0.05, 0) is 56.2 Å². The lowest BCUT2D eigenvalue weighted by Gasteiger charge is -2.37. The van der Waals surface area contributed by atoms with E-state index in [9.17, 15) is 9.59 Å². The molecule has 2 aromatic rings. The first-order valence-electron chi connectivity index (χ1n) is 12.3. The molecule has 0 aliphatic carbocycles. The van der Waals surface area contributed by atoms with E-state index in [0.29, 0.717) is 16.5 Å². The third kappa shape index (κ3) is 6.22. The average molecular weight is 548 g/mol.